The highest BCUT2D eigenvalue weighted by molar-refractivity contribution is 4.96. The number of rotatable bonds is 4. The maximum atomic E-state index is 6.25. The summed E-state index contributed by atoms with van der Waals surface area (Å²) in [4.78, 5) is 0. The second kappa shape index (κ2) is 6.97. The third-order valence-electron chi connectivity index (χ3n) is 6.27. The fraction of sp³-hybridized carbons (Fsp3) is 1.00. The molecule has 1 saturated carbocycles. The Labute approximate surface area is 130 Å². The van der Waals surface area contributed by atoms with Gasteiger partial charge in [-0.25, -0.2) is 0 Å². The fourth-order valence-corrected chi connectivity index (χ4v) is 5.07. The standard InChI is InChI=1S/C18H33NO2/c1-3-19-17(16-6-4-5-14(16)2)15-7-10-21-18(13-15)8-11-20-12-9-18/h14-17,19H,3-13H2,1-2H3. The minimum absolute atomic E-state index is 0.136. The van der Waals surface area contributed by atoms with E-state index >= 15 is 0 Å². The Balaban J connectivity index is 1.69. The maximum Gasteiger partial charge on any atom is 0.0729 e. The zero-order valence-corrected chi connectivity index (χ0v) is 13.9. The first kappa shape index (κ1) is 15.8. The second-order valence-corrected chi connectivity index (χ2v) is 7.55. The Morgan fingerprint density at radius 3 is 2.62 bits per heavy atom. The smallest absolute Gasteiger partial charge is 0.0729 e. The van der Waals surface area contributed by atoms with Crippen molar-refractivity contribution in [2.75, 3.05) is 26.4 Å². The lowest BCUT2D eigenvalue weighted by atomic mass is 9.73. The van der Waals surface area contributed by atoms with Crippen LogP contribution in [0.5, 0.6) is 0 Å². The third-order valence-corrected chi connectivity index (χ3v) is 6.27. The maximum absolute atomic E-state index is 6.25. The molecule has 0 bridgehead atoms. The largest absolute Gasteiger partial charge is 0.381 e. The van der Waals surface area contributed by atoms with E-state index in [9.17, 15) is 0 Å². The Morgan fingerprint density at radius 2 is 1.95 bits per heavy atom. The summed E-state index contributed by atoms with van der Waals surface area (Å²) in [5, 5.41) is 3.86. The Bertz CT molecular complexity index is 322. The summed E-state index contributed by atoms with van der Waals surface area (Å²) in [6.45, 7) is 8.55. The molecule has 0 aromatic heterocycles. The lowest BCUT2D eigenvalue weighted by Gasteiger charge is -2.47. The van der Waals surface area contributed by atoms with E-state index < -0.39 is 0 Å². The van der Waals surface area contributed by atoms with Gasteiger partial charge in [0, 0.05) is 25.9 Å². The van der Waals surface area contributed by atoms with Gasteiger partial charge >= 0.3 is 0 Å². The van der Waals surface area contributed by atoms with Crippen molar-refractivity contribution in [3.8, 4) is 0 Å². The molecule has 3 aliphatic rings. The molecule has 3 nitrogen and oxygen atoms in total. The molecule has 3 rings (SSSR count). The van der Waals surface area contributed by atoms with Crippen LogP contribution in [0, 0.1) is 17.8 Å². The van der Waals surface area contributed by atoms with E-state index in [0.29, 0.717) is 6.04 Å². The van der Waals surface area contributed by atoms with Gasteiger partial charge in [0.25, 0.3) is 0 Å². The van der Waals surface area contributed by atoms with Crippen molar-refractivity contribution in [3.63, 3.8) is 0 Å². The summed E-state index contributed by atoms with van der Waals surface area (Å²) in [7, 11) is 0. The molecule has 2 saturated heterocycles. The normalized spacial score (nSPS) is 37.7. The molecule has 0 amide bonds. The van der Waals surface area contributed by atoms with Gasteiger partial charge in [-0.15, -0.1) is 0 Å². The van der Waals surface area contributed by atoms with Crippen molar-refractivity contribution in [2.24, 2.45) is 17.8 Å². The van der Waals surface area contributed by atoms with Crippen molar-refractivity contribution >= 4 is 0 Å². The van der Waals surface area contributed by atoms with Crippen LogP contribution < -0.4 is 5.32 Å². The van der Waals surface area contributed by atoms with E-state index in [-0.39, 0.29) is 5.60 Å². The first-order valence-electron chi connectivity index (χ1n) is 9.19. The number of hydrogen-bond acceptors (Lipinski definition) is 3. The molecule has 4 unspecified atom stereocenters. The third kappa shape index (κ3) is 3.46. The van der Waals surface area contributed by atoms with Crippen LogP contribution >= 0.6 is 0 Å². The van der Waals surface area contributed by atoms with E-state index in [4.69, 9.17) is 9.47 Å². The van der Waals surface area contributed by atoms with Crippen molar-refractivity contribution < 1.29 is 9.47 Å². The van der Waals surface area contributed by atoms with Crippen LogP contribution in [0.4, 0.5) is 0 Å². The molecule has 1 N–H and O–H groups in total. The predicted molar refractivity (Wildman–Crippen MR) is 85.4 cm³/mol. The Hall–Kier alpha value is -0.120. The molecule has 1 aliphatic carbocycles. The molecule has 3 heteroatoms. The van der Waals surface area contributed by atoms with Crippen LogP contribution in [-0.4, -0.2) is 38.0 Å². The Kier molecular flexibility index (Phi) is 5.23. The predicted octanol–water partition coefficient (Wildman–Crippen LogP) is 3.38. The van der Waals surface area contributed by atoms with Crippen molar-refractivity contribution in [2.45, 2.75) is 70.4 Å². The molecule has 0 radical (unpaired) electrons. The summed E-state index contributed by atoms with van der Waals surface area (Å²) >= 11 is 0. The molecule has 0 aromatic carbocycles. The van der Waals surface area contributed by atoms with Crippen LogP contribution in [0.15, 0.2) is 0 Å². The van der Waals surface area contributed by atoms with Gasteiger partial charge in [0.1, 0.15) is 0 Å². The molecule has 2 aliphatic heterocycles. The molecule has 122 valence electrons. The van der Waals surface area contributed by atoms with Crippen LogP contribution in [0.2, 0.25) is 0 Å². The monoisotopic (exact) mass is 295 g/mol. The van der Waals surface area contributed by atoms with Crippen LogP contribution in [0.25, 0.3) is 0 Å². The summed E-state index contributed by atoms with van der Waals surface area (Å²) < 4.78 is 11.8. The van der Waals surface area contributed by atoms with Gasteiger partial charge < -0.3 is 14.8 Å². The Morgan fingerprint density at radius 1 is 1.14 bits per heavy atom. The quantitative estimate of drug-likeness (QED) is 0.862. The van der Waals surface area contributed by atoms with Crippen molar-refractivity contribution in [3.05, 3.63) is 0 Å². The molecular formula is C18H33NO2. The number of hydrogen-bond donors (Lipinski definition) is 1. The van der Waals surface area contributed by atoms with Crippen LogP contribution in [0.3, 0.4) is 0 Å². The van der Waals surface area contributed by atoms with Gasteiger partial charge in [-0.1, -0.05) is 26.7 Å². The van der Waals surface area contributed by atoms with Crippen molar-refractivity contribution in [1.29, 1.82) is 0 Å². The lowest BCUT2D eigenvalue weighted by molar-refractivity contribution is -0.152. The highest BCUT2D eigenvalue weighted by atomic mass is 16.5. The fourth-order valence-electron chi connectivity index (χ4n) is 5.07. The molecular weight excluding hydrogens is 262 g/mol. The molecule has 0 aromatic rings. The highest BCUT2D eigenvalue weighted by Crippen LogP contribution is 2.43. The van der Waals surface area contributed by atoms with Crippen molar-refractivity contribution in [1.82, 2.24) is 5.32 Å². The average molecular weight is 295 g/mol. The number of nitrogens with one attached hydrogen (secondary N) is 1. The molecule has 4 atom stereocenters. The highest BCUT2D eigenvalue weighted by Gasteiger charge is 2.44. The topological polar surface area (TPSA) is 30.5 Å². The summed E-state index contributed by atoms with van der Waals surface area (Å²) in [5.41, 5.74) is 0.136. The zero-order valence-electron chi connectivity index (χ0n) is 13.9. The summed E-state index contributed by atoms with van der Waals surface area (Å²) in [6, 6.07) is 0.705. The van der Waals surface area contributed by atoms with Crippen LogP contribution in [0.1, 0.15) is 58.8 Å². The van der Waals surface area contributed by atoms with E-state index in [0.717, 1.165) is 57.0 Å². The van der Waals surface area contributed by atoms with Crippen LogP contribution in [-0.2, 0) is 9.47 Å². The second-order valence-electron chi connectivity index (χ2n) is 7.55. The minimum atomic E-state index is 0.136. The van der Waals surface area contributed by atoms with E-state index in [1.807, 2.05) is 0 Å². The van der Waals surface area contributed by atoms with E-state index in [2.05, 4.69) is 19.2 Å². The van der Waals surface area contributed by atoms with Gasteiger partial charge in [-0.3, -0.25) is 0 Å². The summed E-state index contributed by atoms with van der Waals surface area (Å²) in [5.74, 6) is 2.56. The van der Waals surface area contributed by atoms with E-state index in [1.165, 1.54) is 32.1 Å². The van der Waals surface area contributed by atoms with Gasteiger partial charge in [0.2, 0.25) is 0 Å². The number of ether oxygens (including phenoxy) is 2. The molecule has 21 heavy (non-hydrogen) atoms. The van der Waals surface area contributed by atoms with Gasteiger partial charge in [0.05, 0.1) is 5.60 Å². The summed E-state index contributed by atoms with van der Waals surface area (Å²) in [6.07, 6.45) is 8.96. The first-order valence-corrected chi connectivity index (χ1v) is 9.19. The van der Waals surface area contributed by atoms with Gasteiger partial charge in [-0.05, 0) is 56.4 Å². The minimum Gasteiger partial charge on any atom is -0.381 e. The molecule has 2 heterocycles. The lowest BCUT2D eigenvalue weighted by Crippen LogP contribution is -2.51. The first-order chi connectivity index (χ1) is 10.2. The van der Waals surface area contributed by atoms with Gasteiger partial charge in [0.15, 0.2) is 0 Å². The SMILES string of the molecule is CCNC(C1CCOC2(CCOCC2)C1)C1CCCC1C. The van der Waals surface area contributed by atoms with E-state index in [1.54, 1.807) is 0 Å². The molecule has 1 spiro atoms. The zero-order chi connectivity index (χ0) is 14.7. The van der Waals surface area contributed by atoms with Gasteiger partial charge in [-0.2, -0.15) is 0 Å². The average Bonchev–Trinajstić information content (AvgIpc) is 2.91. The molecule has 3 fully saturated rings.